The van der Waals surface area contributed by atoms with Gasteiger partial charge in [0.15, 0.2) is 12.4 Å². The molecule has 0 N–H and O–H groups in total. The van der Waals surface area contributed by atoms with Crippen molar-refractivity contribution in [3.05, 3.63) is 112 Å². The largest absolute Gasteiger partial charge is 0.497 e. The second-order valence-corrected chi connectivity index (χ2v) is 18.2. The van der Waals surface area contributed by atoms with Gasteiger partial charge in [0.2, 0.25) is 14.6 Å². The zero-order valence-corrected chi connectivity index (χ0v) is 29.0. The highest BCUT2D eigenvalue weighted by Crippen LogP contribution is 2.45. The highest BCUT2D eigenvalue weighted by molar-refractivity contribution is 6.77. The molecule has 1 saturated heterocycles. The number of methoxy groups -OCH3 is 1. The van der Waals surface area contributed by atoms with Gasteiger partial charge in [0.25, 0.3) is 6.04 Å². The summed E-state index contributed by atoms with van der Waals surface area (Å²) >= 11 is 0. The van der Waals surface area contributed by atoms with Crippen LogP contribution in [0.5, 0.6) is 5.75 Å². The first-order valence-electron chi connectivity index (χ1n) is 16.1. The molecule has 46 heavy (non-hydrogen) atoms. The Morgan fingerprint density at radius 3 is 1.59 bits per heavy atom. The first kappa shape index (κ1) is 35.7. The Morgan fingerprint density at radius 1 is 0.674 bits per heavy atom. The molecule has 9 nitrogen and oxygen atoms in total. The lowest BCUT2D eigenvalue weighted by Gasteiger charge is -2.49. The van der Waals surface area contributed by atoms with Crippen molar-refractivity contribution < 1.29 is 33.0 Å². The van der Waals surface area contributed by atoms with Gasteiger partial charge < -0.3 is 28.1 Å². The fraction of sp³-hybridized carbons (Fsp3) is 0.500. The molecule has 10 heteroatoms. The van der Waals surface area contributed by atoms with E-state index >= 15 is 0 Å². The van der Waals surface area contributed by atoms with Crippen LogP contribution in [0.15, 0.2) is 84.9 Å². The zero-order valence-electron chi connectivity index (χ0n) is 28.0. The van der Waals surface area contributed by atoms with Gasteiger partial charge in [0.05, 0.1) is 26.9 Å². The van der Waals surface area contributed by atoms with Gasteiger partial charge in [-0.25, -0.2) is 0 Å². The van der Waals surface area contributed by atoms with Gasteiger partial charge in [-0.3, -0.25) is 10.1 Å². The Kier molecular flexibility index (Phi) is 12.9. The third kappa shape index (κ3) is 8.61. The molecule has 0 aromatic heterocycles. The van der Waals surface area contributed by atoms with Crippen molar-refractivity contribution in [2.75, 3.05) is 7.11 Å². The van der Waals surface area contributed by atoms with Crippen LogP contribution in [0.2, 0.25) is 16.6 Å². The summed E-state index contributed by atoms with van der Waals surface area (Å²) in [6.07, 6.45) is -4.14. The number of hydrogen-bond donors (Lipinski definition) is 0. The Hall–Kier alpha value is -3.12. The van der Waals surface area contributed by atoms with Crippen molar-refractivity contribution in [1.29, 1.82) is 0 Å². The molecule has 5 atom stereocenters. The van der Waals surface area contributed by atoms with E-state index in [1.807, 2.05) is 84.9 Å². The van der Waals surface area contributed by atoms with Crippen LogP contribution in [-0.4, -0.2) is 51.2 Å². The summed E-state index contributed by atoms with van der Waals surface area (Å²) in [6.45, 7) is 13.6. The van der Waals surface area contributed by atoms with E-state index in [1.54, 1.807) is 7.11 Å². The molecule has 1 fully saturated rings. The molecule has 0 radical (unpaired) electrons. The van der Waals surface area contributed by atoms with Crippen LogP contribution in [0, 0.1) is 10.1 Å². The molecule has 0 amide bonds. The van der Waals surface area contributed by atoms with Crippen molar-refractivity contribution in [2.45, 2.75) is 109 Å². The SMILES string of the molecule is COc1ccc(COC2O[C@H](O[Si](C(C)C)(C(C)C)C(C)C)[C@H](OCc3ccccc3)[C@H](OCc3ccccc3)[C@H]2[N+](=O)[O-])cc1. The average Bonchev–Trinajstić information content (AvgIpc) is 3.04. The predicted octanol–water partition coefficient (Wildman–Crippen LogP) is 7.90. The molecular formula is C36H49NO8Si. The second kappa shape index (κ2) is 16.6. The van der Waals surface area contributed by atoms with Gasteiger partial charge in [-0.05, 0) is 45.4 Å². The molecule has 1 aliphatic rings. The summed E-state index contributed by atoms with van der Waals surface area (Å²) in [6, 6.07) is 25.3. The van der Waals surface area contributed by atoms with E-state index < -0.39 is 39.1 Å². The molecule has 3 aromatic rings. The van der Waals surface area contributed by atoms with Gasteiger partial charge >= 0.3 is 0 Å². The topological polar surface area (TPSA) is 98.5 Å². The number of rotatable bonds is 16. The smallest absolute Gasteiger partial charge is 0.291 e. The Morgan fingerprint density at radius 2 is 1.13 bits per heavy atom. The summed E-state index contributed by atoms with van der Waals surface area (Å²) in [5, 5.41) is 12.9. The Balaban J connectivity index is 1.74. The van der Waals surface area contributed by atoms with Crippen LogP contribution in [0.3, 0.4) is 0 Å². The molecule has 1 aliphatic heterocycles. The quantitative estimate of drug-likeness (QED) is 0.0876. The normalized spacial score (nSPS) is 22.0. The standard InChI is InChI=1S/C36H49NO8Si/c1-25(2)46(26(3)4,27(5)6)45-36-34(42-23-29-16-12-9-13-17-29)33(41-22-28-14-10-8-11-15-28)32(37(38)39)35(44-36)43-24-30-18-20-31(40-7)21-19-30/h8-21,25-27,32-36H,22-24H2,1-7H3/t32-,33-,34-,35?,36-/m1/s1. The second-order valence-electron chi connectivity index (χ2n) is 12.8. The van der Waals surface area contributed by atoms with Crippen LogP contribution in [-0.2, 0) is 43.2 Å². The van der Waals surface area contributed by atoms with E-state index in [9.17, 15) is 10.1 Å². The Bertz CT molecular complexity index is 1320. The number of nitro groups is 1. The van der Waals surface area contributed by atoms with Crippen LogP contribution in [0.1, 0.15) is 58.2 Å². The molecular weight excluding hydrogens is 602 g/mol. The van der Waals surface area contributed by atoms with Crippen molar-refractivity contribution >= 4 is 8.32 Å². The molecule has 0 saturated carbocycles. The molecule has 3 aromatic carbocycles. The number of hydrogen-bond acceptors (Lipinski definition) is 8. The molecule has 4 rings (SSSR count). The lowest BCUT2D eigenvalue weighted by Crippen LogP contribution is -2.65. The van der Waals surface area contributed by atoms with Crippen molar-refractivity contribution in [3.63, 3.8) is 0 Å². The van der Waals surface area contributed by atoms with Gasteiger partial charge in [-0.15, -0.1) is 0 Å². The number of nitrogens with zero attached hydrogens (tertiary/aromatic N) is 1. The summed E-state index contributed by atoms with van der Waals surface area (Å²) in [4.78, 5) is 12.5. The highest BCUT2D eigenvalue weighted by Gasteiger charge is 2.58. The van der Waals surface area contributed by atoms with Crippen LogP contribution >= 0.6 is 0 Å². The van der Waals surface area contributed by atoms with E-state index in [-0.39, 0.29) is 41.4 Å². The summed E-state index contributed by atoms with van der Waals surface area (Å²) in [5.74, 6) is 0.708. The van der Waals surface area contributed by atoms with Gasteiger partial charge in [-0.1, -0.05) is 114 Å². The number of ether oxygens (including phenoxy) is 5. The van der Waals surface area contributed by atoms with Gasteiger partial charge in [0, 0.05) is 4.92 Å². The fourth-order valence-electron chi connectivity index (χ4n) is 6.66. The van der Waals surface area contributed by atoms with Gasteiger partial charge in [-0.2, -0.15) is 0 Å². The molecule has 0 aliphatic carbocycles. The molecule has 250 valence electrons. The summed E-state index contributed by atoms with van der Waals surface area (Å²) in [5.41, 5.74) is 3.35. The lowest BCUT2D eigenvalue weighted by atomic mass is 10.0. The number of benzene rings is 3. The fourth-order valence-corrected chi connectivity index (χ4v) is 12.1. The molecule has 1 heterocycles. The van der Waals surface area contributed by atoms with Crippen molar-refractivity contribution in [3.8, 4) is 5.75 Å². The molecule has 0 bridgehead atoms. The van der Waals surface area contributed by atoms with E-state index in [1.165, 1.54) is 0 Å². The van der Waals surface area contributed by atoms with Crippen molar-refractivity contribution in [1.82, 2.24) is 0 Å². The van der Waals surface area contributed by atoms with Gasteiger partial charge in [0.1, 0.15) is 11.9 Å². The van der Waals surface area contributed by atoms with Crippen molar-refractivity contribution in [2.24, 2.45) is 0 Å². The maximum Gasteiger partial charge on any atom is 0.291 e. The minimum atomic E-state index is -2.56. The molecule has 1 unspecified atom stereocenters. The molecule has 0 spiro atoms. The summed E-state index contributed by atoms with van der Waals surface area (Å²) < 4.78 is 38.3. The minimum Gasteiger partial charge on any atom is -0.497 e. The maximum absolute atomic E-state index is 12.9. The summed E-state index contributed by atoms with van der Waals surface area (Å²) in [7, 11) is -0.957. The third-order valence-corrected chi connectivity index (χ3v) is 14.9. The third-order valence-electron chi connectivity index (χ3n) is 8.89. The zero-order chi connectivity index (χ0) is 33.3. The minimum absolute atomic E-state index is 0.0911. The van der Waals surface area contributed by atoms with E-state index in [0.29, 0.717) is 5.75 Å². The Labute approximate surface area is 274 Å². The highest BCUT2D eigenvalue weighted by atomic mass is 28.4. The monoisotopic (exact) mass is 651 g/mol. The lowest BCUT2D eigenvalue weighted by molar-refractivity contribution is -0.581. The van der Waals surface area contributed by atoms with Crippen LogP contribution in [0.4, 0.5) is 0 Å². The van der Waals surface area contributed by atoms with E-state index in [4.69, 9.17) is 28.1 Å². The van der Waals surface area contributed by atoms with E-state index in [2.05, 4.69) is 41.5 Å². The first-order valence-corrected chi connectivity index (χ1v) is 18.2. The first-order chi connectivity index (χ1) is 22.1. The maximum atomic E-state index is 12.9. The van der Waals surface area contributed by atoms with E-state index in [0.717, 1.165) is 16.7 Å². The average molecular weight is 652 g/mol. The van der Waals surface area contributed by atoms with Crippen LogP contribution < -0.4 is 4.74 Å². The van der Waals surface area contributed by atoms with Crippen LogP contribution in [0.25, 0.3) is 0 Å². The predicted molar refractivity (Wildman–Crippen MR) is 179 cm³/mol.